The summed E-state index contributed by atoms with van der Waals surface area (Å²) in [7, 11) is 1.11. The first kappa shape index (κ1) is 13.9. The number of aromatic nitrogens is 2. The molecule has 0 saturated carbocycles. The Hall–Kier alpha value is -2.51. The fourth-order valence-electron chi connectivity index (χ4n) is 1.67. The van der Waals surface area contributed by atoms with Crippen LogP contribution in [0.3, 0.4) is 0 Å². The average Bonchev–Trinajstić information content (AvgIpc) is 2.38. The van der Waals surface area contributed by atoms with E-state index in [2.05, 4.69) is 19.4 Å². The molecule has 0 amide bonds. The number of fused-ring (bicyclic) bond motifs is 1. The Morgan fingerprint density at radius 3 is 2.70 bits per heavy atom. The summed E-state index contributed by atoms with van der Waals surface area (Å²) in [5.41, 5.74) is -0.0308. The summed E-state index contributed by atoms with van der Waals surface area (Å²) in [6, 6.07) is 2.34. The van der Waals surface area contributed by atoms with E-state index in [9.17, 15) is 18.4 Å². The van der Waals surface area contributed by atoms with Crippen LogP contribution in [-0.4, -0.2) is 29.7 Å². The monoisotopic (exact) mass is 284 g/mol. The second-order valence-corrected chi connectivity index (χ2v) is 3.89. The van der Waals surface area contributed by atoms with E-state index in [4.69, 9.17) is 0 Å². The number of methoxy groups -OCH3 is 1. The van der Waals surface area contributed by atoms with Crippen LogP contribution in [0.5, 0.6) is 5.75 Å². The summed E-state index contributed by atoms with van der Waals surface area (Å²) >= 11 is 0. The molecule has 0 bridgehead atoms. The number of esters is 1. The molecule has 0 fully saturated rings. The van der Waals surface area contributed by atoms with Crippen LogP contribution in [0, 0.1) is 6.92 Å². The third kappa shape index (κ3) is 2.58. The van der Waals surface area contributed by atoms with Crippen molar-refractivity contribution in [3.8, 4) is 5.75 Å². The number of rotatable bonds is 3. The predicted molar refractivity (Wildman–Crippen MR) is 65.1 cm³/mol. The molecule has 0 saturated heterocycles. The second-order valence-electron chi connectivity index (χ2n) is 3.89. The molecule has 1 aromatic heterocycles. The lowest BCUT2D eigenvalue weighted by molar-refractivity contribution is -0.0503. The molecule has 0 aliphatic heterocycles. The fourth-order valence-corrected chi connectivity index (χ4v) is 1.67. The molecular formula is C12H10F2N2O4. The number of halogens is 2. The van der Waals surface area contributed by atoms with Crippen LogP contribution in [-0.2, 0) is 4.74 Å². The summed E-state index contributed by atoms with van der Waals surface area (Å²) in [5.74, 6) is -1.22. The lowest BCUT2D eigenvalue weighted by atomic mass is 10.1. The van der Waals surface area contributed by atoms with Gasteiger partial charge in [0, 0.05) is 6.07 Å². The van der Waals surface area contributed by atoms with Crippen LogP contribution in [0.25, 0.3) is 11.0 Å². The fraction of sp³-hybridized carbons (Fsp3) is 0.250. The molecule has 20 heavy (non-hydrogen) atoms. The van der Waals surface area contributed by atoms with Gasteiger partial charge in [-0.1, -0.05) is 0 Å². The van der Waals surface area contributed by atoms with Crippen molar-refractivity contribution in [3.05, 3.63) is 33.7 Å². The van der Waals surface area contributed by atoms with E-state index in [1.54, 1.807) is 0 Å². The Morgan fingerprint density at radius 1 is 1.40 bits per heavy atom. The summed E-state index contributed by atoms with van der Waals surface area (Å²) in [5, 5.41) is 0. The maximum absolute atomic E-state index is 12.4. The Kier molecular flexibility index (Phi) is 3.64. The molecule has 1 aromatic carbocycles. The normalized spacial score (nSPS) is 10.8. The molecule has 1 N–H and O–H groups in total. The number of aromatic amines is 1. The van der Waals surface area contributed by atoms with E-state index >= 15 is 0 Å². The van der Waals surface area contributed by atoms with Crippen LogP contribution in [0.4, 0.5) is 8.78 Å². The molecule has 0 atom stereocenters. The summed E-state index contributed by atoms with van der Waals surface area (Å²) in [4.78, 5) is 29.5. The zero-order chi connectivity index (χ0) is 14.9. The van der Waals surface area contributed by atoms with E-state index in [0.717, 1.165) is 13.2 Å². The zero-order valence-electron chi connectivity index (χ0n) is 10.6. The van der Waals surface area contributed by atoms with Gasteiger partial charge in [-0.15, -0.1) is 0 Å². The number of carbonyl (C=O) groups excluding carboxylic acids is 1. The van der Waals surface area contributed by atoms with Gasteiger partial charge in [0.15, 0.2) is 0 Å². The maximum Gasteiger partial charge on any atom is 0.387 e. The first-order chi connectivity index (χ1) is 9.42. The lowest BCUT2D eigenvalue weighted by Gasteiger charge is -2.10. The number of aryl methyl sites for hydroxylation is 1. The first-order valence-corrected chi connectivity index (χ1v) is 5.50. The number of nitrogens with zero attached hydrogens (tertiary/aromatic N) is 1. The quantitative estimate of drug-likeness (QED) is 0.866. The predicted octanol–water partition coefficient (Wildman–Crippen LogP) is 1.62. The van der Waals surface area contributed by atoms with Crippen LogP contribution in [0.2, 0.25) is 0 Å². The van der Waals surface area contributed by atoms with Gasteiger partial charge >= 0.3 is 12.6 Å². The van der Waals surface area contributed by atoms with Gasteiger partial charge in [0.1, 0.15) is 17.0 Å². The van der Waals surface area contributed by atoms with Crippen molar-refractivity contribution < 1.29 is 23.0 Å². The molecule has 106 valence electrons. The molecular weight excluding hydrogens is 274 g/mol. The van der Waals surface area contributed by atoms with Crippen LogP contribution < -0.4 is 10.3 Å². The number of hydrogen-bond acceptors (Lipinski definition) is 5. The topological polar surface area (TPSA) is 81.3 Å². The van der Waals surface area contributed by atoms with Gasteiger partial charge in [0.05, 0.1) is 18.1 Å². The van der Waals surface area contributed by atoms with Crippen LogP contribution in [0.15, 0.2) is 16.9 Å². The molecule has 0 radical (unpaired) electrons. The van der Waals surface area contributed by atoms with E-state index in [-0.39, 0.29) is 28.0 Å². The minimum absolute atomic E-state index is 0.173. The Labute approximate surface area is 111 Å². The number of benzene rings is 1. The summed E-state index contributed by atoms with van der Waals surface area (Å²) in [6.07, 6.45) is 0. The third-order valence-electron chi connectivity index (χ3n) is 2.58. The van der Waals surface area contributed by atoms with Gasteiger partial charge in [-0.25, -0.2) is 9.78 Å². The van der Waals surface area contributed by atoms with Gasteiger partial charge in [0.25, 0.3) is 5.56 Å². The minimum atomic E-state index is -3.10. The standard InChI is InChI=1S/C12H10F2N2O4/c1-5-10(17)16-7-3-6(11(18)19-2)9(20-12(13)14)4-8(7)15-5/h3-4,12H,1-2H3,(H,16,17). The van der Waals surface area contributed by atoms with Gasteiger partial charge in [-0.2, -0.15) is 8.78 Å². The lowest BCUT2D eigenvalue weighted by Crippen LogP contribution is -2.14. The molecule has 0 unspecified atom stereocenters. The SMILES string of the molecule is COC(=O)c1cc2[nH]c(=O)c(C)nc2cc1OC(F)F. The number of H-pyrrole nitrogens is 1. The largest absolute Gasteiger partial charge is 0.465 e. The summed E-state index contributed by atoms with van der Waals surface area (Å²) in [6.45, 7) is -1.63. The number of alkyl halides is 2. The molecule has 0 aliphatic carbocycles. The van der Waals surface area contributed by atoms with Gasteiger partial charge < -0.3 is 14.5 Å². The van der Waals surface area contributed by atoms with Crippen molar-refractivity contribution in [1.29, 1.82) is 0 Å². The molecule has 0 spiro atoms. The van der Waals surface area contributed by atoms with E-state index in [1.807, 2.05) is 0 Å². The highest BCUT2D eigenvalue weighted by atomic mass is 19.3. The smallest absolute Gasteiger partial charge is 0.387 e. The van der Waals surface area contributed by atoms with E-state index in [1.165, 1.54) is 13.0 Å². The zero-order valence-corrected chi connectivity index (χ0v) is 10.6. The molecule has 0 aliphatic rings. The van der Waals surface area contributed by atoms with Crippen molar-refractivity contribution in [2.75, 3.05) is 7.11 Å². The van der Waals surface area contributed by atoms with Gasteiger partial charge in [-0.3, -0.25) is 4.79 Å². The van der Waals surface area contributed by atoms with Gasteiger partial charge in [-0.05, 0) is 13.0 Å². The van der Waals surface area contributed by atoms with Gasteiger partial charge in [0.2, 0.25) is 0 Å². The highest BCUT2D eigenvalue weighted by Crippen LogP contribution is 2.26. The van der Waals surface area contributed by atoms with E-state index in [0.29, 0.717) is 0 Å². The first-order valence-electron chi connectivity index (χ1n) is 5.50. The molecule has 6 nitrogen and oxygen atoms in total. The third-order valence-corrected chi connectivity index (χ3v) is 2.58. The Balaban J connectivity index is 2.70. The molecule has 2 aromatic rings. The molecule has 1 heterocycles. The second kappa shape index (κ2) is 5.24. The average molecular weight is 284 g/mol. The Morgan fingerprint density at radius 2 is 2.10 bits per heavy atom. The minimum Gasteiger partial charge on any atom is -0.465 e. The molecule has 8 heteroatoms. The highest BCUT2D eigenvalue weighted by Gasteiger charge is 2.18. The van der Waals surface area contributed by atoms with Crippen molar-refractivity contribution in [1.82, 2.24) is 9.97 Å². The molecule has 2 rings (SSSR count). The van der Waals surface area contributed by atoms with Crippen molar-refractivity contribution >= 4 is 17.0 Å². The number of ether oxygens (including phenoxy) is 2. The number of carbonyl (C=O) groups is 1. The number of hydrogen-bond donors (Lipinski definition) is 1. The van der Waals surface area contributed by atoms with Crippen LogP contribution in [0.1, 0.15) is 16.1 Å². The maximum atomic E-state index is 12.4. The van der Waals surface area contributed by atoms with Crippen molar-refractivity contribution in [2.24, 2.45) is 0 Å². The Bertz CT molecular complexity index is 727. The number of nitrogens with one attached hydrogen (secondary N) is 1. The summed E-state index contributed by atoms with van der Waals surface area (Å²) < 4.78 is 33.5. The van der Waals surface area contributed by atoms with E-state index < -0.39 is 18.1 Å². The highest BCUT2D eigenvalue weighted by molar-refractivity contribution is 5.96. The van der Waals surface area contributed by atoms with Crippen molar-refractivity contribution in [2.45, 2.75) is 13.5 Å². The van der Waals surface area contributed by atoms with Crippen molar-refractivity contribution in [3.63, 3.8) is 0 Å². The van der Waals surface area contributed by atoms with Crippen LogP contribution >= 0.6 is 0 Å².